The molecule has 0 spiro atoms. The van der Waals surface area contributed by atoms with Gasteiger partial charge in [-0.15, -0.1) is 0 Å². The SMILES string of the molecule is COC(=C(OC)c1ccccc1OC)c1cc(OC)c(NC(=O)c2ccc(N)cc2)cc1CS(=O)[O-]. The van der Waals surface area contributed by atoms with Gasteiger partial charge in [-0.3, -0.25) is 9.00 Å². The Morgan fingerprint density at radius 3 is 2.08 bits per heavy atom. The van der Waals surface area contributed by atoms with Gasteiger partial charge in [0.15, 0.2) is 11.5 Å². The first-order chi connectivity index (χ1) is 17.3. The van der Waals surface area contributed by atoms with Gasteiger partial charge in [0, 0.05) is 22.6 Å². The van der Waals surface area contributed by atoms with E-state index in [1.807, 2.05) is 12.1 Å². The fraction of sp³-hybridized carbons (Fsp3) is 0.192. The van der Waals surface area contributed by atoms with Crippen LogP contribution in [0.3, 0.4) is 0 Å². The maximum atomic E-state index is 12.8. The molecule has 1 unspecified atom stereocenters. The average Bonchev–Trinajstić information content (AvgIpc) is 2.87. The van der Waals surface area contributed by atoms with Gasteiger partial charge >= 0.3 is 0 Å². The van der Waals surface area contributed by atoms with Gasteiger partial charge in [0.25, 0.3) is 5.91 Å². The molecule has 0 aliphatic rings. The fourth-order valence-corrected chi connectivity index (χ4v) is 4.15. The number of rotatable bonds is 10. The van der Waals surface area contributed by atoms with E-state index in [-0.39, 0.29) is 17.2 Å². The lowest BCUT2D eigenvalue weighted by Crippen LogP contribution is -2.14. The van der Waals surface area contributed by atoms with Crippen LogP contribution in [0, 0.1) is 0 Å². The zero-order valence-corrected chi connectivity index (χ0v) is 21.1. The Bertz CT molecular complexity index is 1290. The minimum atomic E-state index is -2.44. The van der Waals surface area contributed by atoms with Gasteiger partial charge < -0.3 is 34.6 Å². The Kier molecular flexibility index (Phi) is 8.93. The molecule has 0 fully saturated rings. The van der Waals surface area contributed by atoms with Gasteiger partial charge in [-0.1, -0.05) is 23.2 Å². The molecule has 9 nitrogen and oxygen atoms in total. The normalized spacial score (nSPS) is 12.2. The molecule has 36 heavy (non-hydrogen) atoms. The number of methoxy groups -OCH3 is 4. The summed E-state index contributed by atoms with van der Waals surface area (Å²) in [6, 6.07) is 16.7. The first kappa shape index (κ1) is 26.6. The van der Waals surface area contributed by atoms with E-state index < -0.39 is 17.0 Å². The number of benzene rings is 3. The quantitative estimate of drug-likeness (QED) is 0.180. The van der Waals surface area contributed by atoms with Gasteiger partial charge in [0.2, 0.25) is 0 Å². The van der Waals surface area contributed by atoms with Gasteiger partial charge in [-0.25, -0.2) is 0 Å². The number of anilines is 2. The summed E-state index contributed by atoms with van der Waals surface area (Å²) >= 11 is -2.44. The van der Waals surface area contributed by atoms with Gasteiger partial charge in [-0.05, 0) is 54.1 Å². The zero-order valence-electron chi connectivity index (χ0n) is 20.3. The molecule has 10 heteroatoms. The molecule has 0 saturated carbocycles. The summed E-state index contributed by atoms with van der Waals surface area (Å²) in [5.74, 6) is 0.659. The van der Waals surface area contributed by atoms with Gasteiger partial charge in [0.05, 0.1) is 39.7 Å². The van der Waals surface area contributed by atoms with E-state index in [2.05, 4.69) is 5.32 Å². The molecule has 3 rings (SSSR count). The standard InChI is InChI=1S/C26H28N2O7S/c1-32-22-8-6-5-7-19(22)24(34-3)25(35-4)20-14-23(33-2)21(13-17(20)15-36(30)31)28-26(29)16-9-11-18(27)12-10-16/h5-14H,15,27H2,1-4H3,(H,28,29)(H,30,31)/p-1. The van der Waals surface area contributed by atoms with Crippen LogP contribution in [-0.4, -0.2) is 43.1 Å². The van der Waals surface area contributed by atoms with Crippen molar-refractivity contribution in [1.82, 2.24) is 0 Å². The number of nitrogens with two attached hydrogens (primary N) is 1. The zero-order chi connectivity index (χ0) is 26.2. The van der Waals surface area contributed by atoms with Crippen molar-refractivity contribution in [2.75, 3.05) is 39.5 Å². The van der Waals surface area contributed by atoms with Crippen molar-refractivity contribution < 1.29 is 32.5 Å². The molecular weight excluding hydrogens is 484 g/mol. The molecule has 190 valence electrons. The second-order valence-electron chi connectivity index (χ2n) is 7.50. The fourth-order valence-electron chi connectivity index (χ4n) is 3.66. The molecule has 3 N–H and O–H groups in total. The maximum Gasteiger partial charge on any atom is 0.255 e. The lowest BCUT2D eigenvalue weighted by Gasteiger charge is -2.21. The summed E-state index contributed by atoms with van der Waals surface area (Å²) in [6.45, 7) is 0. The van der Waals surface area contributed by atoms with Gasteiger partial charge in [-0.2, -0.15) is 0 Å². The van der Waals surface area contributed by atoms with Crippen molar-refractivity contribution in [3.63, 3.8) is 0 Å². The molecule has 0 heterocycles. The average molecular weight is 512 g/mol. The van der Waals surface area contributed by atoms with Crippen LogP contribution < -0.4 is 20.5 Å². The molecule has 1 amide bonds. The van der Waals surface area contributed by atoms with Crippen LogP contribution in [0.15, 0.2) is 60.7 Å². The Hall–Kier alpha value is -4.02. The van der Waals surface area contributed by atoms with E-state index in [0.717, 1.165) is 0 Å². The molecule has 3 aromatic carbocycles. The monoisotopic (exact) mass is 511 g/mol. The number of para-hydroxylation sites is 1. The third kappa shape index (κ3) is 5.96. The summed E-state index contributed by atoms with van der Waals surface area (Å²) in [5.41, 5.74) is 8.26. The summed E-state index contributed by atoms with van der Waals surface area (Å²) in [7, 11) is 5.90. The van der Waals surface area contributed by atoms with E-state index >= 15 is 0 Å². The van der Waals surface area contributed by atoms with Crippen LogP contribution >= 0.6 is 0 Å². The highest BCUT2D eigenvalue weighted by molar-refractivity contribution is 7.78. The van der Waals surface area contributed by atoms with E-state index in [1.165, 1.54) is 34.5 Å². The Labute approximate surface area is 212 Å². The van der Waals surface area contributed by atoms with E-state index in [0.29, 0.717) is 45.2 Å². The topological polar surface area (TPSA) is 132 Å². The van der Waals surface area contributed by atoms with E-state index in [1.54, 1.807) is 42.5 Å². The molecule has 3 aromatic rings. The Morgan fingerprint density at radius 1 is 0.889 bits per heavy atom. The van der Waals surface area contributed by atoms with Crippen molar-refractivity contribution in [3.05, 3.63) is 82.9 Å². The molecule has 0 saturated heterocycles. The molecule has 0 radical (unpaired) electrons. The van der Waals surface area contributed by atoms with Crippen LogP contribution in [0.5, 0.6) is 11.5 Å². The minimum absolute atomic E-state index is 0.261. The first-order valence-corrected chi connectivity index (χ1v) is 12.0. The smallest absolute Gasteiger partial charge is 0.255 e. The first-order valence-electron chi connectivity index (χ1n) is 10.7. The van der Waals surface area contributed by atoms with Crippen LogP contribution in [0.1, 0.15) is 27.0 Å². The summed E-state index contributed by atoms with van der Waals surface area (Å²) in [6.07, 6.45) is 0. The Balaban J connectivity index is 2.18. The highest BCUT2D eigenvalue weighted by atomic mass is 32.2. The summed E-state index contributed by atoms with van der Waals surface area (Å²) < 4.78 is 45.9. The molecule has 0 aliphatic heterocycles. The summed E-state index contributed by atoms with van der Waals surface area (Å²) in [4.78, 5) is 12.8. The van der Waals surface area contributed by atoms with Crippen LogP contribution in [0.25, 0.3) is 11.5 Å². The number of hydrogen-bond acceptors (Lipinski definition) is 8. The molecule has 0 bridgehead atoms. The van der Waals surface area contributed by atoms with Crippen molar-refractivity contribution in [3.8, 4) is 11.5 Å². The molecule has 0 aromatic heterocycles. The number of nitrogen functional groups attached to an aromatic ring is 1. The van der Waals surface area contributed by atoms with Crippen molar-refractivity contribution in [2.24, 2.45) is 0 Å². The Morgan fingerprint density at radius 2 is 1.50 bits per heavy atom. The highest BCUT2D eigenvalue weighted by Crippen LogP contribution is 2.38. The number of amides is 1. The lowest BCUT2D eigenvalue weighted by atomic mass is 10.0. The predicted molar refractivity (Wildman–Crippen MR) is 138 cm³/mol. The van der Waals surface area contributed by atoms with Crippen molar-refractivity contribution in [2.45, 2.75) is 5.75 Å². The number of carbonyl (C=O) groups is 1. The largest absolute Gasteiger partial charge is 0.772 e. The van der Waals surface area contributed by atoms with Crippen molar-refractivity contribution in [1.29, 1.82) is 0 Å². The van der Waals surface area contributed by atoms with Crippen molar-refractivity contribution >= 4 is 39.9 Å². The molecule has 0 aliphatic carbocycles. The van der Waals surface area contributed by atoms with Crippen LogP contribution in [0.4, 0.5) is 11.4 Å². The summed E-state index contributed by atoms with van der Waals surface area (Å²) in [5, 5.41) is 2.77. The number of carbonyl (C=O) groups excluding carboxylic acids is 1. The van der Waals surface area contributed by atoms with Crippen LogP contribution in [-0.2, 0) is 26.3 Å². The maximum absolute atomic E-state index is 12.8. The highest BCUT2D eigenvalue weighted by Gasteiger charge is 2.22. The number of hydrogen-bond donors (Lipinski definition) is 2. The molecule has 1 atom stereocenters. The third-order valence-corrected chi connectivity index (χ3v) is 5.88. The second kappa shape index (κ2) is 12.1. The molecular formula is C26H27N2O7S-. The lowest BCUT2D eigenvalue weighted by molar-refractivity contribution is 0.102. The van der Waals surface area contributed by atoms with E-state index in [4.69, 9.17) is 24.7 Å². The van der Waals surface area contributed by atoms with Crippen LogP contribution in [0.2, 0.25) is 0 Å². The minimum Gasteiger partial charge on any atom is -0.772 e. The van der Waals surface area contributed by atoms with E-state index in [9.17, 15) is 13.6 Å². The number of ether oxygens (including phenoxy) is 4. The second-order valence-corrected chi connectivity index (χ2v) is 8.40. The number of nitrogens with one attached hydrogen (secondary N) is 1. The van der Waals surface area contributed by atoms with Gasteiger partial charge in [0.1, 0.15) is 11.5 Å². The predicted octanol–water partition coefficient (Wildman–Crippen LogP) is 4.04. The third-order valence-electron chi connectivity index (χ3n) is 5.33.